The summed E-state index contributed by atoms with van der Waals surface area (Å²) >= 11 is 0. The topological polar surface area (TPSA) is 167 Å². The van der Waals surface area contributed by atoms with Crippen molar-refractivity contribution in [3.8, 4) is 5.75 Å². The van der Waals surface area contributed by atoms with Gasteiger partial charge in [-0.2, -0.15) is 5.09 Å². The molecule has 0 saturated carbocycles. The van der Waals surface area contributed by atoms with Crippen LogP contribution in [0.3, 0.4) is 0 Å². The van der Waals surface area contributed by atoms with E-state index < -0.39 is 61.7 Å². The number of hydrogen-bond donors (Lipinski definition) is 3. The minimum Gasteiger partial charge on any atom is -0.468 e. The number of rotatable bonds is 9. The maximum absolute atomic E-state index is 13.6. The van der Waals surface area contributed by atoms with Crippen molar-refractivity contribution in [3.05, 3.63) is 63.4 Å². The van der Waals surface area contributed by atoms with Gasteiger partial charge in [0.2, 0.25) is 0 Å². The van der Waals surface area contributed by atoms with Crippen molar-refractivity contribution in [3.63, 3.8) is 0 Å². The van der Waals surface area contributed by atoms with Crippen molar-refractivity contribution < 1.29 is 37.7 Å². The maximum Gasteiger partial charge on any atom is 0.459 e. The molecule has 2 unspecified atom stereocenters. The molecule has 2 fully saturated rings. The van der Waals surface area contributed by atoms with Crippen molar-refractivity contribution in [2.75, 3.05) is 20.3 Å². The number of nitrogens with one attached hydrogen (secondary N) is 2. The normalized spacial score (nSPS) is 28.0. The van der Waals surface area contributed by atoms with E-state index in [2.05, 4.69) is 14.8 Å². The number of aromatic nitrogens is 2. The molecule has 1 aromatic carbocycles. The average Bonchev–Trinajstić information content (AvgIpc) is 3.44. The molecule has 3 N–H and O–H groups in total. The Hall–Kier alpha value is -2.80. The Morgan fingerprint density at radius 1 is 1.33 bits per heavy atom. The predicted octanol–water partition coefficient (Wildman–Crippen LogP) is 0.699. The zero-order chi connectivity index (χ0) is 25.9. The Labute approximate surface area is 205 Å². The smallest absolute Gasteiger partial charge is 0.459 e. The zero-order valence-electron chi connectivity index (χ0n) is 19.7. The third-order valence-electron chi connectivity index (χ3n) is 6.05. The van der Waals surface area contributed by atoms with Gasteiger partial charge < -0.3 is 23.8 Å². The summed E-state index contributed by atoms with van der Waals surface area (Å²) in [5.74, 6) is -0.477. The summed E-state index contributed by atoms with van der Waals surface area (Å²) in [6, 6.07) is 8.30. The van der Waals surface area contributed by atoms with Gasteiger partial charge in [0.1, 0.15) is 29.6 Å². The second-order valence-electron chi connectivity index (χ2n) is 8.47. The number of aromatic amines is 1. The van der Waals surface area contributed by atoms with E-state index in [1.807, 2.05) is 0 Å². The first-order valence-electron chi connectivity index (χ1n) is 11.3. The summed E-state index contributed by atoms with van der Waals surface area (Å²) in [5, 5.41) is 13.7. The Morgan fingerprint density at radius 3 is 2.72 bits per heavy atom. The van der Waals surface area contributed by atoms with Crippen molar-refractivity contribution in [2.45, 2.75) is 49.8 Å². The molecule has 14 heteroatoms. The quantitative estimate of drug-likeness (QED) is 0.311. The van der Waals surface area contributed by atoms with E-state index in [9.17, 15) is 24.1 Å². The SMILES string of the molecule is COC(=O)C(C)NP(=O)(OC[C@H]1O[C@@H](n2ccc(=O)[nH]c2=O)[C@@]2(CCCO2)[C@@H]1O)Oc1ccccc1. The highest BCUT2D eigenvalue weighted by Gasteiger charge is 2.60. The van der Waals surface area contributed by atoms with E-state index in [-0.39, 0.29) is 5.75 Å². The summed E-state index contributed by atoms with van der Waals surface area (Å²) in [6.45, 7) is 1.32. The Morgan fingerprint density at radius 2 is 2.08 bits per heavy atom. The fourth-order valence-corrected chi connectivity index (χ4v) is 5.82. The number of hydrogen-bond acceptors (Lipinski definition) is 10. The molecule has 13 nitrogen and oxygen atoms in total. The van der Waals surface area contributed by atoms with Crippen LogP contribution in [0, 0.1) is 0 Å². The highest BCUT2D eigenvalue weighted by molar-refractivity contribution is 7.52. The second kappa shape index (κ2) is 10.7. The molecule has 1 spiro atoms. The van der Waals surface area contributed by atoms with Crippen LogP contribution in [0.5, 0.6) is 5.75 Å². The first-order valence-corrected chi connectivity index (χ1v) is 12.9. The fraction of sp³-hybridized carbons (Fsp3) is 0.500. The van der Waals surface area contributed by atoms with Gasteiger partial charge in [-0.05, 0) is 31.9 Å². The van der Waals surface area contributed by atoms with E-state index in [1.54, 1.807) is 30.3 Å². The molecule has 2 aliphatic rings. The predicted molar refractivity (Wildman–Crippen MR) is 124 cm³/mol. The number of aliphatic hydroxyl groups is 1. The van der Waals surface area contributed by atoms with Gasteiger partial charge in [-0.1, -0.05) is 18.2 Å². The highest BCUT2D eigenvalue weighted by atomic mass is 31.2. The monoisotopic (exact) mass is 525 g/mol. The van der Waals surface area contributed by atoms with E-state index in [4.69, 9.17) is 18.5 Å². The summed E-state index contributed by atoms with van der Waals surface area (Å²) in [6.07, 6.45) is -1.20. The van der Waals surface area contributed by atoms with Crippen LogP contribution in [-0.2, 0) is 28.1 Å². The van der Waals surface area contributed by atoms with Gasteiger partial charge in [-0.3, -0.25) is 23.7 Å². The molecule has 0 amide bonds. The molecule has 196 valence electrons. The van der Waals surface area contributed by atoms with Crippen molar-refractivity contribution in [1.82, 2.24) is 14.6 Å². The highest BCUT2D eigenvalue weighted by Crippen LogP contribution is 2.49. The molecule has 0 bridgehead atoms. The van der Waals surface area contributed by atoms with Gasteiger partial charge in [0.15, 0.2) is 6.23 Å². The number of benzene rings is 1. The van der Waals surface area contributed by atoms with E-state index >= 15 is 0 Å². The van der Waals surface area contributed by atoms with Gasteiger partial charge in [0, 0.05) is 18.9 Å². The number of nitrogens with zero attached hydrogens (tertiary/aromatic N) is 1. The number of carbonyl (C=O) groups is 1. The molecule has 6 atom stereocenters. The van der Waals surface area contributed by atoms with Crippen LogP contribution in [0.25, 0.3) is 0 Å². The summed E-state index contributed by atoms with van der Waals surface area (Å²) in [5.41, 5.74) is -2.60. The number of carbonyl (C=O) groups excluding carboxylic acids is 1. The van der Waals surface area contributed by atoms with Crippen LogP contribution >= 0.6 is 7.75 Å². The second-order valence-corrected chi connectivity index (χ2v) is 10.2. The molecule has 0 aliphatic carbocycles. The minimum absolute atomic E-state index is 0.214. The van der Waals surface area contributed by atoms with Crippen LogP contribution in [0.2, 0.25) is 0 Å². The van der Waals surface area contributed by atoms with Crippen LogP contribution in [0.4, 0.5) is 0 Å². The number of H-pyrrole nitrogens is 1. The minimum atomic E-state index is -4.19. The van der Waals surface area contributed by atoms with E-state index in [1.165, 1.54) is 20.2 Å². The van der Waals surface area contributed by atoms with Gasteiger partial charge >= 0.3 is 19.4 Å². The maximum atomic E-state index is 13.6. The lowest BCUT2D eigenvalue weighted by Gasteiger charge is -2.32. The lowest BCUT2D eigenvalue weighted by atomic mass is 9.91. The van der Waals surface area contributed by atoms with Crippen LogP contribution in [0.15, 0.2) is 52.2 Å². The third kappa shape index (κ3) is 5.31. The van der Waals surface area contributed by atoms with Gasteiger partial charge in [0.05, 0.1) is 13.7 Å². The number of esters is 1. The Balaban J connectivity index is 1.57. The summed E-state index contributed by atoms with van der Waals surface area (Å²) in [7, 11) is -3.01. The van der Waals surface area contributed by atoms with Crippen LogP contribution in [-0.4, -0.2) is 64.8 Å². The molecular weight excluding hydrogens is 497 g/mol. The molecule has 0 radical (unpaired) electrons. The van der Waals surface area contributed by atoms with Crippen molar-refractivity contribution >= 4 is 13.7 Å². The largest absolute Gasteiger partial charge is 0.468 e. The van der Waals surface area contributed by atoms with Crippen LogP contribution in [0.1, 0.15) is 26.0 Å². The van der Waals surface area contributed by atoms with Gasteiger partial charge in [0.25, 0.3) is 5.56 Å². The fourth-order valence-electron chi connectivity index (χ4n) is 4.32. The zero-order valence-corrected chi connectivity index (χ0v) is 20.6. The Kier molecular flexibility index (Phi) is 7.79. The first kappa shape index (κ1) is 26.3. The van der Waals surface area contributed by atoms with Gasteiger partial charge in [-0.25, -0.2) is 9.36 Å². The number of ether oxygens (including phenoxy) is 3. The standard InChI is InChI=1S/C22H28N3O10P/c1-14(19(28)31-2)24-36(30,35-15-7-4-3-5-8-15)33-13-16-18(27)22(10-6-12-32-22)20(34-16)25-11-9-17(26)23-21(25)29/h3-5,7-9,11,14,16,18,20,27H,6,10,12-13H2,1-2H3,(H,24,30)(H,23,26,29)/t14?,16-,18-,20-,22-,36?/m1/s1. The first-order chi connectivity index (χ1) is 17.2. The molecule has 2 aliphatic heterocycles. The molecule has 36 heavy (non-hydrogen) atoms. The number of aliphatic hydroxyl groups excluding tert-OH is 1. The average molecular weight is 525 g/mol. The number of para-hydroxylation sites is 1. The number of methoxy groups -OCH3 is 1. The van der Waals surface area contributed by atoms with Crippen LogP contribution < -0.4 is 20.9 Å². The molecular formula is C22H28N3O10P. The molecule has 3 heterocycles. The lowest BCUT2D eigenvalue weighted by molar-refractivity contribution is -0.142. The molecule has 2 saturated heterocycles. The summed E-state index contributed by atoms with van der Waals surface area (Å²) in [4.78, 5) is 38.1. The molecule has 1 aromatic heterocycles. The molecule has 4 rings (SSSR count). The van der Waals surface area contributed by atoms with E-state index in [0.29, 0.717) is 19.4 Å². The van der Waals surface area contributed by atoms with Gasteiger partial charge in [-0.15, -0.1) is 0 Å². The Bertz CT molecular complexity index is 1230. The van der Waals surface area contributed by atoms with E-state index in [0.717, 1.165) is 10.6 Å². The van der Waals surface area contributed by atoms with Crippen molar-refractivity contribution in [2.24, 2.45) is 0 Å². The lowest BCUT2D eigenvalue weighted by Crippen LogP contribution is -2.48. The third-order valence-corrected chi connectivity index (χ3v) is 7.69. The molecule has 2 aromatic rings. The summed E-state index contributed by atoms with van der Waals surface area (Å²) < 4.78 is 42.5. The van der Waals surface area contributed by atoms with Crippen molar-refractivity contribution in [1.29, 1.82) is 0 Å².